The van der Waals surface area contributed by atoms with Crippen LogP contribution in [0.1, 0.15) is 140 Å². The molecule has 0 saturated heterocycles. The summed E-state index contributed by atoms with van der Waals surface area (Å²) in [6.07, 6.45) is 19.2. The number of nitrogens with one attached hydrogen (secondary N) is 2. The number of nitriles is 2. The molecule has 0 amide bonds. The molecule has 0 aliphatic carbocycles. The van der Waals surface area contributed by atoms with Gasteiger partial charge in [-0.25, -0.2) is 0 Å². The average molecular weight is 603 g/mol. The molecule has 2 aromatic carbocycles. The predicted molar refractivity (Wildman–Crippen MR) is 182 cm³/mol. The maximum Gasteiger partial charge on any atom is 0.121 e. The fourth-order valence-electron chi connectivity index (χ4n) is 5.23. The smallest absolute Gasteiger partial charge is 0.121 e. The maximum atomic E-state index is 9.51. The summed E-state index contributed by atoms with van der Waals surface area (Å²) >= 11 is 0. The SMILES string of the molecule is CCCCCCNC(C#N)c1ccc(OCCCCCCCCCCOc2ccc(C(C#N)NCCCCCC)cc2)cc1. The average Bonchev–Trinajstić information content (AvgIpc) is 3.06. The molecule has 2 aromatic rings. The summed E-state index contributed by atoms with van der Waals surface area (Å²) in [7, 11) is 0. The molecular formula is C38H58N4O2. The standard InChI is InChI=1S/C38H58N4O2/c1-3-5-7-15-27-41-37(31-39)33-19-23-35(24-20-33)43-29-17-13-11-9-10-12-14-18-30-44-36-25-21-34(22-26-36)38(32-40)42-28-16-8-6-4-2/h19-26,37-38,41-42H,3-18,27-30H2,1-2H3. The van der Waals surface area contributed by atoms with Crippen molar-refractivity contribution < 1.29 is 9.47 Å². The fourth-order valence-corrected chi connectivity index (χ4v) is 5.23. The molecule has 2 atom stereocenters. The molecule has 0 saturated carbocycles. The number of hydrogen-bond donors (Lipinski definition) is 2. The minimum atomic E-state index is -0.257. The van der Waals surface area contributed by atoms with E-state index in [9.17, 15) is 10.5 Å². The van der Waals surface area contributed by atoms with Crippen LogP contribution in [-0.2, 0) is 0 Å². The number of benzene rings is 2. The predicted octanol–water partition coefficient (Wildman–Crippen LogP) is 9.73. The highest BCUT2D eigenvalue weighted by Gasteiger charge is 2.10. The van der Waals surface area contributed by atoms with Crippen molar-refractivity contribution in [3.8, 4) is 23.6 Å². The Balaban J connectivity index is 1.45. The summed E-state index contributed by atoms with van der Waals surface area (Å²) in [6, 6.07) is 20.2. The quantitative estimate of drug-likeness (QED) is 0.0989. The van der Waals surface area contributed by atoms with E-state index in [4.69, 9.17) is 9.47 Å². The van der Waals surface area contributed by atoms with Crippen molar-refractivity contribution in [3.05, 3.63) is 59.7 Å². The first-order chi connectivity index (χ1) is 21.7. The Bertz CT molecular complexity index is 957. The Labute approximate surface area is 268 Å². The highest BCUT2D eigenvalue weighted by atomic mass is 16.5. The molecule has 0 aliphatic rings. The zero-order chi connectivity index (χ0) is 31.5. The van der Waals surface area contributed by atoms with E-state index in [1.54, 1.807) is 0 Å². The van der Waals surface area contributed by atoms with Crippen molar-refractivity contribution in [1.29, 1.82) is 10.5 Å². The number of rotatable bonds is 27. The molecule has 2 N–H and O–H groups in total. The largest absolute Gasteiger partial charge is 0.494 e. The number of unbranched alkanes of at least 4 members (excludes halogenated alkanes) is 13. The van der Waals surface area contributed by atoms with Gasteiger partial charge in [0, 0.05) is 0 Å². The lowest BCUT2D eigenvalue weighted by Gasteiger charge is -2.13. The third-order valence-corrected chi connectivity index (χ3v) is 8.02. The first kappa shape index (κ1) is 37.1. The van der Waals surface area contributed by atoms with Gasteiger partial charge in [-0.2, -0.15) is 10.5 Å². The molecule has 0 heterocycles. The first-order valence-electron chi connectivity index (χ1n) is 17.4. The highest BCUT2D eigenvalue weighted by molar-refractivity contribution is 5.32. The number of hydrogen-bond acceptors (Lipinski definition) is 6. The minimum absolute atomic E-state index is 0.257. The van der Waals surface area contributed by atoms with Gasteiger partial charge in [-0.15, -0.1) is 0 Å². The summed E-state index contributed by atoms with van der Waals surface area (Å²) in [5.74, 6) is 1.76. The lowest BCUT2D eigenvalue weighted by atomic mass is 10.1. The highest BCUT2D eigenvalue weighted by Crippen LogP contribution is 2.20. The van der Waals surface area contributed by atoms with Gasteiger partial charge in [0.1, 0.15) is 23.6 Å². The first-order valence-corrected chi connectivity index (χ1v) is 17.4. The molecule has 6 nitrogen and oxygen atoms in total. The molecule has 2 rings (SSSR count). The van der Waals surface area contributed by atoms with E-state index in [1.165, 1.54) is 77.0 Å². The van der Waals surface area contributed by atoms with Gasteiger partial charge in [0.2, 0.25) is 0 Å². The van der Waals surface area contributed by atoms with Crippen molar-refractivity contribution in [1.82, 2.24) is 10.6 Å². The normalized spacial score (nSPS) is 12.3. The second-order valence-electron chi connectivity index (χ2n) is 11.8. The van der Waals surface area contributed by atoms with Crippen LogP contribution in [0.3, 0.4) is 0 Å². The monoisotopic (exact) mass is 602 g/mol. The second kappa shape index (κ2) is 25.3. The van der Waals surface area contributed by atoms with Gasteiger partial charge < -0.3 is 9.47 Å². The van der Waals surface area contributed by atoms with E-state index in [1.807, 2.05) is 48.5 Å². The topological polar surface area (TPSA) is 90.1 Å². The van der Waals surface area contributed by atoms with Crippen molar-refractivity contribution in [2.45, 2.75) is 129 Å². The van der Waals surface area contributed by atoms with E-state index >= 15 is 0 Å². The van der Waals surface area contributed by atoms with Gasteiger partial charge >= 0.3 is 0 Å². The van der Waals surface area contributed by atoms with Crippen molar-refractivity contribution in [3.63, 3.8) is 0 Å². The molecule has 0 fully saturated rings. The number of nitrogens with zero attached hydrogens (tertiary/aromatic N) is 2. The van der Waals surface area contributed by atoms with Crippen LogP contribution in [0.5, 0.6) is 11.5 Å². The van der Waals surface area contributed by atoms with Crippen LogP contribution in [0.2, 0.25) is 0 Å². The summed E-state index contributed by atoms with van der Waals surface area (Å²) in [6.45, 7) is 7.65. The zero-order valence-corrected chi connectivity index (χ0v) is 27.6. The van der Waals surface area contributed by atoms with Gasteiger partial charge in [-0.05, 0) is 74.2 Å². The summed E-state index contributed by atoms with van der Waals surface area (Å²) in [5, 5.41) is 25.7. The van der Waals surface area contributed by atoms with E-state index < -0.39 is 0 Å². The van der Waals surface area contributed by atoms with Crippen LogP contribution in [0.25, 0.3) is 0 Å². The van der Waals surface area contributed by atoms with Crippen molar-refractivity contribution in [2.75, 3.05) is 26.3 Å². The number of ether oxygens (including phenoxy) is 2. The second-order valence-corrected chi connectivity index (χ2v) is 11.8. The Hall–Kier alpha value is -3.06. The van der Waals surface area contributed by atoms with Gasteiger partial charge in [-0.3, -0.25) is 10.6 Å². The summed E-state index contributed by atoms with van der Waals surface area (Å²) < 4.78 is 11.8. The molecule has 0 bridgehead atoms. The molecule has 0 spiro atoms. The van der Waals surface area contributed by atoms with Crippen LogP contribution in [0.4, 0.5) is 0 Å². The molecule has 0 aliphatic heterocycles. The molecule has 6 heteroatoms. The van der Waals surface area contributed by atoms with Crippen LogP contribution < -0.4 is 20.1 Å². The Morgan fingerprint density at radius 3 is 1.18 bits per heavy atom. The van der Waals surface area contributed by atoms with Crippen LogP contribution in [0.15, 0.2) is 48.5 Å². The lowest BCUT2D eigenvalue weighted by Crippen LogP contribution is -2.21. The Kier molecular flexibility index (Phi) is 21.3. The van der Waals surface area contributed by atoms with Gasteiger partial charge in [0.15, 0.2) is 0 Å². The van der Waals surface area contributed by atoms with Crippen molar-refractivity contribution in [2.24, 2.45) is 0 Å². The summed E-state index contributed by atoms with van der Waals surface area (Å²) in [5.41, 5.74) is 2.00. The molecule has 0 radical (unpaired) electrons. The molecule has 242 valence electrons. The Morgan fingerprint density at radius 2 is 0.841 bits per heavy atom. The van der Waals surface area contributed by atoms with Crippen molar-refractivity contribution >= 4 is 0 Å². The van der Waals surface area contributed by atoms with Crippen LogP contribution in [-0.4, -0.2) is 26.3 Å². The minimum Gasteiger partial charge on any atom is -0.494 e. The third-order valence-electron chi connectivity index (χ3n) is 8.02. The fraction of sp³-hybridized carbons (Fsp3) is 0.632. The molecule has 44 heavy (non-hydrogen) atoms. The molecular weight excluding hydrogens is 544 g/mol. The van der Waals surface area contributed by atoms with Gasteiger partial charge in [-0.1, -0.05) is 115 Å². The van der Waals surface area contributed by atoms with E-state index in [2.05, 4.69) is 36.6 Å². The van der Waals surface area contributed by atoms with E-state index in [-0.39, 0.29) is 12.1 Å². The van der Waals surface area contributed by atoms with E-state index in [0.717, 1.165) is 74.6 Å². The van der Waals surface area contributed by atoms with Crippen LogP contribution >= 0.6 is 0 Å². The third kappa shape index (κ3) is 16.7. The van der Waals surface area contributed by atoms with Crippen LogP contribution in [0, 0.1) is 22.7 Å². The van der Waals surface area contributed by atoms with Gasteiger partial charge in [0.05, 0.1) is 25.4 Å². The lowest BCUT2D eigenvalue weighted by molar-refractivity contribution is 0.301. The zero-order valence-electron chi connectivity index (χ0n) is 27.6. The summed E-state index contributed by atoms with van der Waals surface area (Å²) in [4.78, 5) is 0. The molecule has 2 unspecified atom stereocenters. The maximum absolute atomic E-state index is 9.51. The van der Waals surface area contributed by atoms with Gasteiger partial charge in [0.25, 0.3) is 0 Å². The molecule has 0 aromatic heterocycles. The Morgan fingerprint density at radius 1 is 0.500 bits per heavy atom. The van der Waals surface area contributed by atoms with E-state index in [0.29, 0.717) is 0 Å².